The van der Waals surface area contributed by atoms with Crippen molar-refractivity contribution in [3.63, 3.8) is 0 Å². The maximum Gasteiger partial charge on any atom is 0.253 e. The molecule has 1 unspecified atom stereocenters. The first-order chi connectivity index (χ1) is 13.7. The van der Waals surface area contributed by atoms with E-state index in [9.17, 15) is 9.59 Å². The molecule has 1 fully saturated rings. The fraction of sp³-hybridized carbons (Fsp3) is 0.636. The van der Waals surface area contributed by atoms with E-state index in [0.29, 0.717) is 17.4 Å². The van der Waals surface area contributed by atoms with E-state index < -0.39 is 6.04 Å². The Balaban J connectivity index is 1.95. The van der Waals surface area contributed by atoms with Crippen LogP contribution in [0.1, 0.15) is 44.0 Å². The summed E-state index contributed by atoms with van der Waals surface area (Å²) in [6, 6.07) is 6.82. The topological polar surface area (TPSA) is 52.7 Å². The number of thioether (sulfide) groups is 1. The number of halogens is 1. The molecule has 1 N–H and O–H groups in total. The number of hydrogen-bond acceptors (Lipinski definition) is 4. The van der Waals surface area contributed by atoms with Crippen molar-refractivity contribution in [1.82, 2.24) is 15.1 Å². The van der Waals surface area contributed by atoms with Crippen LogP contribution in [0.5, 0.6) is 0 Å². The number of carbonyl (C=O) groups is 2. The van der Waals surface area contributed by atoms with E-state index in [4.69, 9.17) is 0 Å². The molecule has 2 rings (SSSR count). The minimum absolute atomic E-state index is 0.0370. The lowest BCUT2D eigenvalue weighted by atomic mass is 9.92. The molecule has 1 aliphatic rings. The fourth-order valence-corrected chi connectivity index (χ4v) is 4.22. The summed E-state index contributed by atoms with van der Waals surface area (Å²) in [5.74, 6) is 0.661. The van der Waals surface area contributed by atoms with Crippen LogP contribution in [0, 0.1) is 5.41 Å². The van der Waals surface area contributed by atoms with Gasteiger partial charge in [0.2, 0.25) is 5.91 Å². The first-order valence-electron chi connectivity index (χ1n) is 10.3. The predicted octanol–water partition coefficient (Wildman–Crippen LogP) is 3.88. The van der Waals surface area contributed by atoms with Crippen molar-refractivity contribution >= 4 is 39.5 Å². The van der Waals surface area contributed by atoms with Gasteiger partial charge < -0.3 is 10.2 Å². The Labute approximate surface area is 188 Å². The number of nitrogens with zero attached hydrogens (tertiary/aromatic N) is 2. The van der Waals surface area contributed by atoms with Crippen LogP contribution in [0.25, 0.3) is 0 Å². The second kappa shape index (κ2) is 11.4. The number of carbonyl (C=O) groups excluding carboxylic acids is 2. The summed E-state index contributed by atoms with van der Waals surface area (Å²) in [7, 11) is 0. The zero-order valence-corrected chi connectivity index (χ0v) is 20.4. The van der Waals surface area contributed by atoms with Crippen LogP contribution in [0.2, 0.25) is 0 Å². The van der Waals surface area contributed by atoms with E-state index in [1.165, 1.54) is 0 Å². The third kappa shape index (κ3) is 7.95. The molecule has 162 valence electrons. The van der Waals surface area contributed by atoms with E-state index in [-0.39, 0.29) is 11.8 Å². The molecule has 1 atom stereocenters. The number of hydrogen-bond donors (Lipinski definition) is 1. The van der Waals surface area contributed by atoms with Crippen molar-refractivity contribution in [2.45, 2.75) is 39.7 Å². The van der Waals surface area contributed by atoms with Gasteiger partial charge in [0.15, 0.2) is 0 Å². The van der Waals surface area contributed by atoms with Gasteiger partial charge in [0, 0.05) is 30.7 Å². The Bertz CT molecular complexity index is 685. The van der Waals surface area contributed by atoms with Crippen LogP contribution < -0.4 is 5.32 Å². The molecule has 0 radical (unpaired) electrons. The summed E-state index contributed by atoms with van der Waals surface area (Å²) >= 11 is 5.11. The van der Waals surface area contributed by atoms with Crippen LogP contribution in [0.4, 0.5) is 0 Å². The van der Waals surface area contributed by atoms with Gasteiger partial charge in [-0.25, -0.2) is 0 Å². The highest BCUT2D eigenvalue weighted by Crippen LogP contribution is 2.20. The van der Waals surface area contributed by atoms with Crippen LogP contribution in [-0.2, 0) is 4.79 Å². The van der Waals surface area contributed by atoms with Gasteiger partial charge in [0.05, 0.1) is 5.56 Å². The van der Waals surface area contributed by atoms with Gasteiger partial charge in [0.1, 0.15) is 6.04 Å². The molecule has 0 spiro atoms. The standard InChI is InChI=1S/C22H34BrN3O2S/c1-22(2,3)10-11-25-12-14-26(15-13-25)21(28)19(9-16-29-4)24-20(27)17-7-5-6-8-18(17)23/h5-8,19H,9-16H2,1-4H3,(H,24,27). The molecule has 1 aliphatic heterocycles. The monoisotopic (exact) mass is 483 g/mol. The summed E-state index contributed by atoms with van der Waals surface area (Å²) in [4.78, 5) is 30.2. The molecular weight excluding hydrogens is 450 g/mol. The van der Waals surface area contributed by atoms with Crippen molar-refractivity contribution in [2.24, 2.45) is 5.41 Å². The summed E-state index contributed by atoms with van der Waals surface area (Å²) in [5, 5.41) is 2.98. The molecule has 5 nitrogen and oxygen atoms in total. The molecule has 0 bridgehead atoms. The van der Waals surface area contributed by atoms with Gasteiger partial charge in [-0.3, -0.25) is 14.5 Å². The molecule has 1 heterocycles. The Kier molecular flexibility index (Phi) is 9.50. The Morgan fingerprint density at radius 2 is 1.83 bits per heavy atom. The Hall–Kier alpha value is -1.05. The molecule has 1 aromatic carbocycles. The normalized spacial score (nSPS) is 16.5. The molecular formula is C22H34BrN3O2S. The lowest BCUT2D eigenvalue weighted by Gasteiger charge is -2.37. The second-order valence-corrected chi connectivity index (χ2v) is 10.6. The predicted molar refractivity (Wildman–Crippen MR) is 125 cm³/mol. The van der Waals surface area contributed by atoms with Gasteiger partial charge in [-0.1, -0.05) is 32.9 Å². The molecule has 29 heavy (non-hydrogen) atoms. The van der Waals surface area contributed by atoms with Crippen LogP contribution in [0.15, 0.2) is 28.7 Å². The van der Waals surface area contributed by atoms with E-state index in [2.05, 4.69) is 46.9 Å². The highest BCUT2D eigenvalue weighted by Gasteiger charge is 2.29. The van der Waals surface area contributed by atoms with E-state index in [1.807, 2.05) is 29.4 Å². The lowest BCUT2D eigenvalue weighted by molar-refractivity contribution is -0.135. The van der Waals surface area contributed by atoms with Crippen molar-refractivity contribution < 1.29 is 9.59 Å². The SMILES string of the molecule is CSCCC(NC(=O)c1ccccc1Br)C(=O)N1CCN(CCC(C)(C)C)CC1. The van der Waals surface area contributed by atoms with Crippen LogP contribution in [0.3, 0.4) is 0 Å². The smallest absolute Gasteiger partial charge is 0.253 e. The number of rotatable bonds is 8. The van der Waals surface area contributed by atoms with Crippen molar-refractivity contribution in [3.05, 3.63) is 34.3 Å². The highest BCUT2D eigenvalue weighted by molar-refractivity contribution is 9.10. The van der Waals surface area contributed by atoms with Crippen molar-refractivity contribution in [2.75, 3.05) is 44.7 Å². The maximum absolute atomic E-state index is 13.2. The average molecular weight is 485 g/mol. The third-order valence-electron chi connectivity index (χ3n) is 5.19. The van der Waals surface area contributed by atoms with Crippen molar-refractivity contribution in [1.29, 1.82) is 0 Å². The first kappa shape index (κ1) is 24.2. The minimum Gasteiger partial charge on any atom is -0.340 e. The van der Waals surface area contributed by atoms with Crippen molar-refractivity contribution in [3.8, 4) is 0 Å². The largest absolute Gasteiger partial charge is 0.340 e. The molecule has 2 amide bonds. The highest BCUT2D eigenvalue weighted by atomic mass is 79.9. The average Bonchev–Trinajstić information content (AvgIpc) is 2.69. The Morgan fingerprint density at radius 3 is 2.41 bits per heavy atom. The minimum atomic E-state index is -0.483. The molecule has 7 heteroatoms. The van der Waals surface area contributed by atoms with Gasteiger partial charge in [-0.2, -0.15) is 11.8 Å². The molecule has 0 aromatic heterocycles. The maximum atomic E-state index is 13.2. The van der Waals surface area contributed by atoms with E-state index in [1.54, 1.807) is 17.8 Å². The van der Waals surface area contributed by atoms with E-state index in [0.717, 1.165) is 49.4 Å². The zero-order chi connectivity index (χ0) is 21.4. The Morgan fingerprint density at radius 1 is 1.17 bits per heavy atom. The van der Waals surface area contributed by atoms with Crippen LogP contribution >= 0.6 is 27.7 Å². The number of nitrogens with one attached hydrogen (secondary N) is 1. The molecule has 1 saturated heterocycles. The number of piperazine rings is 1. The lowest BCUT2D eigenvalue weighted by Crippen LogP contribution is -2.55. The molecule has 1 aromatic rings. The summed E-state index contributed by atoms with van der Waals surface area (Å²) in [6.07, 6.45) is 3.81. The van der Waals surface area contributed by atoms with E-state index >= 15 is 0 Å². The first-order valence-corrected chi connectivity index (χ1v) is 12.5. The van der Waals surface area contributed by atoms with Gasteiger partial charge in [0.25, 0.3) is 5.91 Å². The van der Waals surface area contributed by atoms with Crippen LogP contribution in [-0.4, -0.2) is 72.4 Å². The quantitative estimate of drug-likeness (QED) is 0.609. The van der Waals surface area contributed by atoms with Gasteiger partial charge in [-0.05, 0) is 64.9 Å². The molecule has 0 aliphatic carbocycles. The summed E-state index contributed by atoms with van der Waals surface area (Å²) in [6.45, 7) is 11.1. The summed E-state index contributed by atoms with van der Waals surface area (Å²) in [5.41, 5.74) is 0.882. The summed E-state index contributed by atoms with van der Waals surface area (Å²) < 4.78 is 0.737. The fourth-order valence-electron chi connectivity index (χ4n) is 3.28. The third-order valence-corrected chi connectivity index (χ3v) is 6.53. The second-order valence-electron chi connectivity index (χ2n) is 8.76. The molecule has 0 saturated carbocycles. The number of benzene rings is 1. The number of amides is 2. The van der Waals surface area contributed by atoms with Gasteiger partial charge >= 0.3 is 0 Å². The van der Waals surface area contributed by atoms with Gasteiger partial charge in [-0.15, -0.1) is 0 Å². The zero-order valence-electron chi connectivity index (χ0n) is 18.0.